The molecule has 0 aliphatic rings. The normalized spacial score (nSPS) is 14.1. The van der Waals surface area contributed by atoms with Crippen molar-refractivity contribution in [1.82, 2.24) is 0 Å². The van der Waals surface area contributed by atoms with Gasteiger partial charge in [0, 0.05) is 6.04 Å². The molecular weight excluding hydrogens is 210 g/mol. The third-order valence-electron chi connectivity index (χ3n) is 3.31. The van der Waals surface area contributed by atoms with Crippen LogP contribution in [0.1, 0.15) is 63.3 Å². The van der Waals surface area contributed by atoms with Crippen LogP contribution in [0.15, 0.2) is 12.1 Å². The topological polar surface area (TPSA) is 46.2 Å². The summed E-state index contributed by atoms with van der Waals surface area (Å²) in [7, 11) is 0. The number of nitrogens with two attached hydrogens (primary N) is 1. The fraction of sp³-hybridized carbons (Fsp3) is 0.600. The molecule has 1 rings (SSSR count). The highest BCUT2D eigenvalue weighted by Crippen LogP contribution is 2.36. The van der Waals surface area contributed by atoms with Gasteiger partial charge in [0.15, 0.2) is 0 Å². The van der Waals surface area contributed by atoms with Crippen molar-refractivity contribution in [2.45, 2.75) is 53.5 Å². The third-order valence-corrected chi connectivity index (χ3v) is 3.31. The molecule has 0 bridgehead atoms. The van der Waals surface area contributed by atoms with Crippen molar-refractivity contribution in [3.63, 3.8) is 0 Å². The van der Waals surface area contributed by atoms with Crippen molar-refractivity contribution in [1.29, 1.82) is 0 Å². The maximum Gasteiger partial charge on any atom is 0.119 e. The molecule has 0 aromatic heterocycles. The smallest absolute Gasteiger partial charge is 0.119 e. The quantitative estimate of drug-likeness (QED) is 0.817. The van der Waals surface area contributed by atoms with E-state index in [9.17, 15) is 5.11 Å². The number of rotatable bonds is 2. The highest BCUT2D eigenvalue weighted by molar-refractivity contribution is 5.44. The van der Waals surface area contributed by atoms with Gasteiger partial charge in [-0.05, 0) is 41.0 Å². The molecule has 0 aliphatic heterocycles. The van der Waals surface area contributed by atoms with E-state index in [0.29, 0.717) is 11.7 Å². The molecular formula is C15H25NO. The molecule has 0 amide bonds. The Balaban J connectivity index is 3.30. The number of hydrogen-bond acceptors (Lipinski definition) is 2. The number of benzene rings is 1. The molecule has 0 saturated heterocycles. The summed E-state index contributed by atoms with van der Waals surface area (Å²) in [5.41, 5.74) is 9.51. The molecule has 0 fully saturated rings. The summed E-state index contributed by atoms with van der Waals surface area (Å²) in [5, 5.41) is 9.93. The minimum absolute atomic E-state index is 0.0133. The minimum Gasteiger partial charge on any atom is -0.508 e. The SMILES string of the molecule is Cc1cc(O)c(C(C)C)cc1C(N)C(C)(C)C. The summed E-state index contributed by atoms with van der Waals surface area (Å²) in [6.45, 7) is 12.6. The summed E-state index contributed by atoms with van der Waals surface area (Å²) in [6, 6.07) is 3.88. The zero-order valence-electron chi connectivity index (χ0n) is 11.8. The van der Waals surface area contributed by atoms with Gasteiger partial charge in [-0.3, -0.25) is 0 Å². The summed E-state index contributed by atoms with van der Waals surface area (Å²) in [5.74, 6) is 0.684. The number of hydrogen-bond donors (Lipinski definition) is 2. The molecule has 0 spiro atoms. The maximum atomic E-state index is 9.93. The molecule has 1 aromatic carbocycles. The number of aryl methyl sites for hydroxylation is 1. The van der Waals surface area contributed by atoms with Gasteiger partial charge in [0.25, 0.3) is 0 Å². The molecule has 0 radical (unpaired) electrons. The van der Waals surface area contributed by atoms with Crippen molar-refractivity contribution in [3.8, 4) is 5.75 Å². The molecule has 2 heteroatoms. The minimum atomic E-state index is -0.0133. The summed E-state index contributed by atoms with van der Waals surface area (Å²) >= 11 is 0. The largest absolute Gasteiger partial charge is 0.508 e. The predicted molar refractivity (Wildman–Crippen MR) is 73.3 cm³/mol. The zero-order valence-corrected chi connectivity index (χ0v) is 11.8. The van der Waals surface area contributed by atoms with Crippen LogP contribution in [-0.4, -0.2) is 5.11 Å². The van der Waals surface area contributed by atoms with Gasteiger partial charge in [-0.15, -0.1) is 0 Å². The van der Waals surface area contributed by atoms with Crippen LogP contribution in [0.4, 0.5) is 0 Å². The molecule has 96 valence electrons. The van der Waals surface area contributed by atoms with E-state index < -0.39 is 0 Å². The van der Waals surface area contributed by atoms with Gasteiger partial charge in [-0.25, -0.2) is 0 Å². The Labute approximate surface area is 105 Å². The lowest BCUT2D eigenvalue weighted by atomic mass is 9.80. The van der Waals surface area contributed by atoms with E-state index in [4.69, 9.17) is 5.73 Å². The van der Waals surface area contributed by atoms with Gasteiger partial charge >= 0.3 is 0 Å². The van der Waals surface area contributed by atoms with Crippen LogP contribution in [0.3, 0.4) is 0 Å². The van der Waals surface area contributed by atoms with E-state index in [1.807, 2.05) is 13.0 Å². The van der Waals surface area contributed by atoms with Crippen LogP contribution < -0.4 is 5.73 Å². The van der Waals surface area contributed by atoms with Gasteiger partial charge < -0.3 is 10.8 Å². The lowest BCUT2D eigenvalue weighted by Gasteiger charge is -2.29. The Bertz CT molecular complexity index is 402. The lowest BCUT2D eigenvalue weighted by molar-refractivity contribution is 0.325. The molecule has 1 unspecified atom stereocenters. The van der Waals surface area contributed by atoms with E-state index in [2.05, 4.69) is 40.7 Å². The van der Waals surface area contributed by atoms with Gasteiger partial charge in [-0.2, -0.15) is 0 Å². The van der Waals surface area contributed by atoms with Crippen molar-refractivity contribution in [2.24, 2.45) is 11.1 Å². The Kier molecular flexibility index (Phi) is 3.88. The van der Waals surface area contributed by atoms with Crippen LogP contribution in [0.25, 0.3) is 0 Å². The van der Waals surface area contributed by atoms with Crippen LogP contribution in [0.2, 0.25) is 0 Å². The average molecular weight is 235 g/mol. The van der Waals surface area contributed by atoms with E-state index in [1.165, 1.54) is 0 Å². The number of aromatic hydroxyl groups is 1. The highest BCUT2D eigenvalue weighted by Gasteiger charge is 2.24. The molecule has 17 heavy (non-hydrogen) atoms. The summed E-state index contributed by atoms with van der Waals surface area (Å²) in [4.78, 5) is 0. The van der Waals surface area contributed by atoms with Gasteiger partial charge in [-0.1, -0.05) is 40.7 Å². The summed E-state index contributed by atoms with van der Waals surface area (Å²) in [6.07, 6.45) is 0. The van der Waals surface area contributed by atoms with Crippen LogP contribution >= 0.6 is 0 Å². The first-order chi connectivity index (χ1) is 7.64. The Hall–Kier alpha value is -1.02. The number of phenolic OH excluding ortho intramolecular Hbond substituents is 1. The monoisotopic (exact) mass is 235 g/mol. The van der Waals surface area contributed by atoms with Crippen LogP contribution in [0, 0.1) is 12.3 Å². The molecule has 0 saturated carbocycles. The molecule has 0 aliphatic carbocycles. The van der Waals surface area contributed by atoms with E-state index in [1.54, 1.807) is 0 Å². The second-order valence-electron chi connectivity index (χ2n) is 6.27. The third kappa shape index (κ3) is 3.01. The maximum absolute atomic E-state index is 9.93. The van der Waals surface area contributed by atoms with Crippen molar-refractivity contribution in [3.05, 3.63) is 28.8 Å². The first-order valence-corrected chi connectivity index (χ1v) is 6.23. The zero-order chi connectivity index (χ0) is 13.4. The van der Waals surface area contributed by atoms with E-state index in [-0.39, 0.29) is 11.5 Å². The van der Waals surface area contributed by atoms with E-state index >= 15 is 0 Å². The second-order valence-corrected chi connectivity index (χ2v) is 6.27. The first-order valence-electron chi connectivity index (χ1n) is 6.23. The number of phenols is 1. The van der Waals surface area contributed by atoms with Crippen LogP contribution in [-0.2, 0) is 0 Å². The van der Waals surface area contributed by atoms with E-state index in [0.717, 1.165) is 16.7 Å². The van der Waals surface area contributed by atoms with Crippen molar-refractivity contribution in [2.75, 3.05) is 0 Å². The fourth-order valence-electron chi connectivity index (χ4n) is 1.99. The fourth-order valence-corrected chi connectivity index (χ4v) is 1.99. The van der Waals surface area contributed by atoms with Crippen molar-refractivity contribution < 1.29 is 5.11 Å². The lowest BCUT2D eigenvalue weighted by Crippen LogP contribution is -2.27. The first kappa shape index (κ1) is 14.0. The van der Waals surface area contributed by atoms with Crippen molar-refractivity contribution >= 4 is 0 Å². The standard InChI is InChI=1S/C15H25NO/c1-9(2)11-8-12(10(3)7-13(11)17)14(16)15(4,5)6/h7-9,14,17H,16H2,1-6H3. The summed E-state index contributed by atoms with van der Waals surface area (Å²) < 4.78 is 0. The Morgan fingerprint density at radius 3 is 2.06 bits per heavy atom. The van der Waals surface area contributed by atoms with Gasteiger partial charge in [0.05, 0.1) is 0 Å². The van der Waals surface area contributed by atoms with Gasteiger partial charge in [0.2, 0.25) is 0 Å². The van der Waals surface area contributed by atoms with Crippen LogP contribution in [0.5, 0.6) is 5.75 Å². The molecule has 1 atom stereocenters. The molecule has 0 heterocycles. The second kappa shape index (κ2) is 4.69. The highest BCUT2D eigenvalue weighted by atomic mass is 16.3. The predicted octanol–water partition coefficient (Wildman–Crippen LogP) is 3.87. The molecule has 1 aromatic rings. The Morgan fingerprint density at radius 1 is 1.12 bits per heavy atom. The average Bonchev–Trinajstić information content (AvgIpc) is 2.14. The van der Waals surface area contributed by atoms with Gasteiger partial charge in [0.1, 0.15) is 5.75 Å². The Morgan fingerprint density at radius 2 is 1.65 bits per heavy atom. The molecule has 3 N–H and O–H groups in total. The molecule has 2 nitrogen and oxygen atoms in total.